The lowest BCUT2D eigenvalue weighted by molar-refractivity contribution is -0.126. The first-order chi connectivity index (χ1) is 13.7. The van der Waals surface area contributed by atoms with Crippen molar-refractivity contribution in [3.8, 4) is 5.75 Å². The maximum atomic E-state index is 12.4. The van der Waals surface area contributed by atoms with Crippen LogP contribution in [0.5, 0.6) is 5.75 Å². The van der Waals surface area contributed by atoms with E-state index in [-0.39, 0.29) is 17.7 Å². The Balaban J connectivity index is 1.40. The molecule has 2 amide bonds. The molecule has 0 spiro atoms. The molecule has 1 aromatic heterocycles. The van der Waals surface area contributed by atoms with E-state index in [0.29, 0.717) is 30.3 Å². The number of aromatic nitrogens is 1. The van der Waals surface area contributed by atoms with Crippen molar-refractivity contribution in [3.63, 3.8) is 0 Å². The molecular weight excluding hydrogens is 354 g/mol. The van der Waals surface area contributed by atoms with Crippen molar-refractivity contribution >= 4 is 11.8 Å². The molecule has 2 aromatic rings. The van der Waals surface area contributed by atoms with Crippen molar-refractivity contribution in [1.29, 1.82) is 0 Å². The van der Waals surface area contributed by atoms with Gasteiger partial charge >= 0.3 is 0 Å². The number of benzene rings is 1. The summed E-state index contributed by atoms with van der Waals surface area (Å²) >= 11 is 0. The molecule has 1 heterocycles. The van der Waals surface area contributed by atoms with Gasteiger partial charge in [-0.25, -0.2) is 0 Å². The predicted octanol–water partition coefficient (Wildman–Crippen LogP) is 2.94. The molecular formula is C22H27N3O3. The number of pyridine rings is 1. The molecule has 3 rings (SSSR count). The highest BCUT2D eigenvalue weighted by Gasteiger charge is 2.26. The van der Waals surface area contributed by atoms with Gasteiger partial charge in [-0.2, -0.15) is 0 Å². The van der Waals surface area contributed by atoms with Crippen LogP contribution in [0.25, 0.3) is 0 Å². The molecule has 28 heavy (non-hydrogen) atoms. The zero-order valence-corrected chi connectivity index (χ0v) is 16.2. The zero-order valence-electron chi connectivity index (χ0n) is 16.2. The first kappa shape index (κ1) is 19.9. The largest absolute Gasteiger partial charge is 0.496 e. The maximum absolute atomic E-state index is 12.4. The van der Waals surface area contributed by atoms with E-state index in [1.165, 1.54) is 0 Å². The zero-order chi connectivity index (χ0) is 19.8. The second-order valence-corrected chi connectivity index (χ2v) is 7.21. The molecule has 6 nitrogen and oxygen atoms in total. The second-order valence-electron chi connectivity index (χ2n) is 7.21. The van der Waals surface area contributed by atoms with Crippen LogP contribution in [0.1, 0.15) is 41.6 Å². The Morgan fingerprint density at radius 1 is 1.07 bits per heavy atom. The van der Waals surface area contributed by atoms with Crippen molar-refractivity contribution in [1.82, 2.24) is 15.6 Å². The number of amides is 2. The Kier molecular flexibility index (Phi) is 7.00. The Hall–Kier alpha value is -2.89. The molecule has 6 heteroatoms. The summed E-state index contributed by atoms with van der Waals surface area (Å²) in [7, 11) is 1.56. The topological polar surface area (TPSA) is 80.3 Å². The standard InChI is InChI=1S/C22H27N3O3/c1-28-20-7-3-2-6-19(20)22(27)25-14-16-8-10-18(11-9-16)21(26)24-15-17-5-4-12-23-13-17/h2-7,12-13,16,18H,8-11,14-15H2,1H3,(H,24,26)(H,25,27). The van der Waals surface area contributed by atoms with Gasteiger partial charge in [0.25, 0.3) is 5.91 Å². The quantitative estimate of drug-likeness (QED) is 0.773. The van der Waals surface area contributed by atoms with Gasteiger partial charge in [0.05, 0.1) is 12.7 Å². The fraction of sp³-hybridized carbons (Fsp3) is 0.409. The van der Waals surface area contributed by atoms with E-state index in [4.69, 9.17) is 4.74 Å². The lowest BCUT2D eigenvalue weighted by atomic mass is 9.81. The van der Waals surface area contributed by atoms with Gasteiger partial charge < -0.3 is 15.4 Å². The fourth-order valence-electron chi connectivity index (χ4n) is 3.63. The number of para-hydroxylation sites is 1. The number of carbonyl (C=O) groups excluding carboxylic acids is 2. The summed E-state index contributed by atoms with van der Waals surface area (Å²) in [5.41, 5.74) is 1.55. The fourth-order valence-corrected chi connectivity index (χ4v) is 3.63. The summed E-state index contributed by atoms with van der Waals surface area (Å²) in [6.45, 7) is 1.14. The van der Waals surface area contributed by atoms with Crippen molar-refractivity contribution < 1.29 is 14.3 Å². The molecule has 1 aliphatic carbocycles. The molecule has 0 bridgehead atoms. The number of carbonyl (C=O) groups is 2. The molecule has 0 atom stereocenters. The molecule has 1 aliphatic rings. The van der Waals surface area contributed by atoms with Gasteiger partial charge in [0.2, 0.25) is 5.91 Å². The van der Waals surface area contributed by atoms with E-state index in [9.17, 15) is 9.59 Å². The highest BCUT2D eigenvalue weighted by Crippen LogP contribution is 2.28. The minimum atomic E-state index is -0.117. The second kappa shape index (κ2) is 9.88. The van der Waals surface area contributed by atoms with Gasteiger partial charge in [-0.05, 0) is 55.4 Å². The normalized spacial score (nSPS) is 18.9. The monoisotopic (exact) mass is 381 g/mol. The summed E-state index contributed by atoms with van der Waals surface area (Å²) in [4.78, 5) is 28.8. The third-order valence-corrected chi connectivity index (χ3v) is 5.31. The van der Waals surface area contributed by atoms with Crippen LogP contribution in [0.2, 0.25) is 0 Å². The van der Waals surface area contributed by atoms with Crippen molar-refractivity contribution in [3.05, 3.63) is 59.9 Å². The summed E-state index contributed by atoms with van der Waals surface area (Å²) < 4.78 is 5.24. The minimum Gasteiger partial charge on any atom is -0.496 e. The van der Waals surface area contributed by atoms with Crippen LogP contribution in [0.15, 0.2) is 48.8 Å². The Morgan fingerprint density at radius 2 is 1.86 bits per heavy atom. The Morgan fingerprint density at radius 3 is 2.57 bits per heavy atom. The average Bonchev–Trinajstić information content (AvgIpc) is 2.76. The third-order valence-electron chi connectivity index (χ3n) is 5.31. The molecule has 0 radical (unpaired) electrons. The molecule has 0 aliphatic heterocycles. The van der Waals surface area contributed by atoms with Crippen LogP contribution in [0, 0.1) is 11.8 Å². The SMILES string of the molecule is COc1ccccc1C(=O)NCC1CCC(C(=O)NCc2cccnc2)CC1. The van der Waals surface area contributed by atoms with Crippen molar-refractivity contribution in [2.45, 2.75) is 32.2 Å². The van der Waals surface area contributed by atoms with Gasteiger partial charge in [0, 0.05) is 31.4 Å². The number of hydrogen-bond donors (Lipinski definition) is 2. The van der Waals surface area contributed by atoms with Gasteiger partial charge in [0.15, 0.2) is 0 Å². The van der Waals surface area contributed by atoms with Gasteiger partial charge in [-0.1, -0.05) is 18.2 Å². The number of ether oxygens (including phenoxy) is 1. The summed E-state index contributed by atoms with van der Waals surface area (Å²) in [6.07, 6.45) is 7.08. The molecule has 1 fully saturated rings. The van der Waals surface area contributed by atoms with Crippen LogP contribution in [-0.4, -0.2) is 30.5 Å². The minimum absolute atomic E-state index is 0.0536. The van der Waals surface area contributed by atoms with Gasteiger partial charge in [0.1, 0.15) is 5.75 Å². The van der Waals surface area contributed by atoms with Crippen LogP contribution in [-0.2, 0) is 11.3 Å². The summed E-state index contributed by atoms with van der Waals surface area (Å²) in [6, 6.07) is 11.0. The van der Waals surface area contributed by atoms with E-state index >= 15 is 0 Å². The number of nitrogens with zero attached hydrogens (tertiary/aromatic N) is 1. The van der Waals surface area contributed by atoms with E-state index in [0.717, 1.165) is 31.2 Å². The number of hydrogen-bond acceptors (Lipinski definition) is 4. The Bertz CT molecular complexity index is 787. The molecule has 2 N–H and O–H groups in total. The van der Waals surface area contributed by atoms with Crippen molar-refractivity contribution in [2.24, 2.45) is 11.8 Å². The molecule has 0 saturated heterocycles. The molecule has 0 unspecified atom stereocenters. The van der Waals surface area contributed by atoms with Crippen LogP contribution < -0.4 is 15.4 Å². The van der Waals surface area contributed by atoms with Gasteiger partial charge in [-0.15, -0.1) is 0 Å². The first-order valence-electron chi connectivity index (χ1n) is 9.75. The van der Waals surface area contributed by atoms with E-state index in [1.54, 1.807) is 31.6 Å². The van der Waals surface area contributed by atoms with E-state index in [2.05, 4.69) is 15.6 Å². The number of methoxy groups -OCH3 is 1. The lowest BCUT2D eigenvalue weighted by Gasteiger charge is -2.28. The molecule has 1 saturated carbocycles. The third kappa shape index (κ3) is 5.31. The number of rotatable bonds is 7. The highest BCUT2D eigenvalue weighted by molar-refractivity contribution is 5.96. The predicted molar refractivity (Wildman–Crippen MR) is 107 cm³/mol. The highest BCUT2D eigenvalue weighted by atomic mass is 16.5. The smallest absolute Gasteiger partial charge is 0.255 e. The van der Waals surface area contributed by atoms with Gasteiger partial charge in [-0.3, -0.25) is 14.6 Å². The maximum Gasteiger partial charge on any atom is 0.255 e. The van der Waals surface area contributed by atoms with Crippen molar-refractivity contribution in [2.75, 3.05) is 13.7 Å². The van der Waals surface area contributed by atoms with Crippen LogP contribution >= 0.6 is 0 Å². The van der Waals surface area contributed by atoms with Crippen LogP contribution in [0.3, 0.4) is 0 Å². The number of nitrogens with one attached hydrogen (secondary N) is 2. The van der Waals surface area contributed by atoms with E-state index < -0.39 is 0 Å². The van der Waals surface area contributed by atoms with E-state index in [1.807, 2.05) is 24.3 Å². The lowest BCUT2D eigenvalue weighted by Crippen LogP contribution is -2.36. The Labute approximate surface area is 165 Å². The average molecular weight is 381 g/mol. The first-order valence-corrected chi connectivity index (χ1v) is 9.75. The molecule has 1 aromatic carbocycles. The summed E-state index contributed by atoms with van der Waals surface area (Å²) in [5.74, 6) is 1.03. The summed E-state index contributed by atoms with van der Waals surface area (Å²) in [5, 5.41) is 6.01. The van der Waals surface area contributed by atoms with Crippen LogP contribution in [0.4, 0.5) is 0 Å². The molecule has 148 valence electrons.